The van der Waals surface area contributed by atoms with Crippen molar-refractivity contribution in [1.29, 1.82) is 0 Å². The molecule has 1 saturated carbocycles. The highest BCUT2D eigenvalue weighted by Crippen LogP contribution is 2.51. The smallest absolute Gasteiger partial charge is 0.317 e. The van der Waals surface area contributed by atoms with Crippen molar-refractivity contribution < 1.29 is 13.2 Å². The van der Waals surface area contributed by atoms with Gasteiger partial charge in [0.15, 0.2) is 0 Å². The number of rotatable bonds is 11. The third-order valence-electron chi connectivity index (χ3n) is 11.5. The van der Waals surface area contributed by atoms with Crippen molar-refractivity contribution in [2.75, 3.05) is 51.7 Å². The predicted octanol–water partition coefficient (Wildman–Crippen LogP) is 4.68. The number of carbonyl (C=O) groups is 1. The average molecular weight is 699 g/mol. The van der Waals surface area contributed by atoms with Crippen LogP contribution < -0.4 is 10.2 Å². The minimum absolute atomic E-state index is 0.0124. The van der Waals surface area contributed by atoms with Gasteiger partial charge in [-0.1, -0.05) is 36.8 Å². The van der Waals surface area contributed by atoms with Gasteiger partial charge in [0.2, 0.25) is 9.84 Å². The molecule has 0 spiro atoms. The minimum atomic E-state index is -3.58. The zero-order valence-corrected chi connectivity index (χ0v) is 30.3. The van der Waals surface area contributed by atoms with Gasteiger partial charge in [-0.2, -0.15) is 5.10 Å². The number of benzene rings is 2. The average Bonchev–Trinajstić information content (AvgIpc) is 3.89. The first-order chi connectivity index (χ1) is 24.1. The van der Waals surface area contributed by atoms with Crippen molar-refractivity contribution in [1.82, 2.24) is 34.4 Å². The number of likely N-dealkylation sites (tertiary alicyclic amines) is 1. The maximum Gasteiger partial charge on any atom is 0.317 e. The van der Waals surface area contributed by atoms with Gasteiger partial charge in [-0.3, -0.25) is 4.68 Å². The lowest BCUT2D eigenvalue weighted by atomic mass is 9.58. The van der Waals surface area contributed by atoms with Crippen molar-refractivity contribution >= 4 is 21.6 Å². The van der Waals surface area contributed by atoms with Gasteiger partial charge in [0.05, 0.1) is 17.4 Å². The summed E-state index contributed by atoms with van der Waals surface area (Å²) in [6.07, 6.45) is 14.3. The van der Waals surface area contributed by atoms with Crippen molar-refractivity contribution in [3.63, 3.8) is 0 Å². The summed E-state index contributed by atoms with van der Waals surface area (Å²) in [5, 5.41) is 7.44. The summed E-state index contributed by atoms with van der Waals surface area (Å²) in [7, 11) is 1.78. The minimum Gasteiger partial charge on any atom is -0.371 e. The molecule has 3 aliphatic rings. The van der Waals surface area contributed by atoms with Crippen molar-refractivity contribution in [3.05, 3.63) is 91.3 Å². The van der Waals surface area contributed by atoms with Gasteiger partial charge in [-0.15, -0.1) is 0 Å². The van der Waals surface area contributed by atoms with E-state index in [1.165, 1.54) is 22.6 Å². The Hall–Kier alpha value is -4.16. The van der Waals surface area contributed by atoms with Crippen LogP contribution >= 0.6 is 0 Å². The van der Waals surface area contributed by atoms with E-state index in [1.807, 2.05) is 38.8 Å². The van der Waals surface area contributed by atoms with E-state index in [0.717, 1.165) is 77.1 Å². The van der Waals surface area contributed by atoms with Crippen LogP contribution in [0.15, 0.2) is 95.5 Å². The van der Waals surface area contributed by atoms with E-state index in [-0.39, 0.29) is 27.3 Å². The van der Waals surface area contributed by atoms with E-state index in [4.69, 9.17) is 0 Å². The number of sulfone groups is 1. The van der Waals surface area contributed by atoms with Crippen LogP contribution in [0.3, 0.4) is 0 Å². The van der Waals surface area contributed by atoms with Crippen LogP contribution in [0.25, 0.3) is 0 Å². The molecule has 266 valence electrons. The van der Waals surface area contributed by atoms with Gasteiger partial charge >= 0.3 is 6.03 Å². The summed E-state index contributed by atoms with van der Waals surface area (Å²) in [6, 6.07) is 18.5. The lowest BCUT2D eigenvalue weighted by molar-refractivity contribution is 0.0561. The van der Waals surface area contributed by atoms with Crippen molar-refractivity contribution in [2.24, 2.45) is 24.8 Å². The molecule has 3 atom stereocenters. The van der Waals surface area contributed by atoms with Crippen LogP contribution in [-0.2, 0) is 28.8 Å². The van der Waals surface area contributed by atoms with Crippen molar-refractivity contribution in [3.8, 4) is 0 Å². The monoisotopic (exact) mass is 698 g/mol. The van der Waals surface area contributed by atoms with E-state index < -0.39 is 9.84 Å². The second-order valence-electron chi connectivity index (χ2n) is 14.8. The zero-order chi connectivity index (χ0) is 34.9. The first-order valence-corrected chi connectivity index (χ1v) is 19.4. The van der Waals surface area contributed by atoms with Gasteiger partial charge in [0.1, 0.15) is 4.90 Å². The molecule has 7 rings (SSSR count). The van der Waals surface area contributed by atoms with Crippen LogP contribution in [0.5, 0.6) is 0 Å². The fraction of sp³-hybridized carbons (Fsp3) is 0.500. The quantitative estimate of drug-likeness (QED) is 0.243. The number of anilines is 1. The lowest BCUT2D eigenvalue weighted by Crippen LogP contribution is -2.57. The molecule has 1 N–H and O–H groups in total. The Balaban J connectivity index is 1.02. The number of amides is 2. The molecule has 2 amide bonds. The standard InChI is InChI=1S/C38H50N8O3S/c1-42(2)37(47)41-36-11-7-10-35(36)38(27-45-21-18-39-28-45,30-8-5-4-6-9-30)31-16-19-44(20-17-31)23-29-24-46(25-29)32-12-14-33(15-13-32)50(48,49)34-22-40-43(3)26-34/h4-6,8-9,12-15,18,21-22,26,28-29,31,35-36H,7,10-11,16-17,19-20,23-25,27H2,1-3H3,(H,41,47)/t35-,36-,38?/m1/s1. The van der Waals surface area contributed by atoms with Crippen LogP contribution in [0, 0.1) is 17.8 Å². The number of imidazole rings is 1. The second kappa shape index (κ2) is 14.2. The molecule has 11 nitrogen and oxygen atoms in total. The van der Waals surface area contributed by atoms with E-state index in [9.17, 15) is 13.2 Å². The van der Waals surface area contributed by atoms with Crippen LogP contribution in [0.4, 0.5) is 10.5 Å². The Morgan fingerprint density at radius 3 is 2.36 bits per heavy atom. The number of carbonyl (C=O) groups excluding carboxylic acids is 1. The number of hydrogen-bond acceptors (Lipinski definition) is 7. The van der Waals surface area contributed by atoms with Gasteiger partial charge in [-0.25, -0.2) is 18.2 Å². The Morgan fingerprint density at radius 2 is 1.72 bits per heavy atom. The molecule has 2 saturated heterocycles. The lowest BCUT2D eigenvalue weighted by Gasteiger charge is -2.51. The fourth-order valence-electron chi connectivity index (χ4n) is 8.96. The normalized spacial score (nSPS) is 21.9. The molecule has 0 radical (unpaired) electrons. The topological polar surface area (TPSA) is 109 Å². The fourth-order valence-corrected chi connectivity index (χ4v) is 10.2. The SMILES string of the molecule is CN(C)C(=O)N[C@@H]1CCC[C@H]1C(Cn1ccnc1)(c1ccccc1)C1CCN(CC2CN(c3ccc(S(=O)(=O)c4cnn(C)c4)cc3)C2)CC1. The maximum atomic E-state index is 13.0. The molecule has 4 heterocycles. The van der Waals surface area contributed by atoms with Gasteiger partial charge in [-0.05, 0) is 80.4 Å². The third kappa shape index (κ3) is 6.79. The molecule has 12 heteroatoms. The molecule has 1 unspecified atom stereocenters. The molecule has 2 aromatic carbocycles. The number of nitrogens with zero attached hydrogens (tertiary/aromatic N) is 7. The maximum absolute atomic E-state index is 13.0. The molecule has 50 heavy (non-hydrogen) atoms. The number of nitrogens with one attached hydrogen (secondary N) is 1. The first kappa shape index (κ1) is 34.3. The molecular formula is C38H50N8O3S. The molecule has 4 aromatic rings. The highest BCUT2D eigenvalue weighted by molar-refractivity contribution is 7.91. The van der Waals surface area contributed by atoms with Gasteiger partial charge in [0, 0.05) is 89.0 Å². The summed E-state index contributed by atoms with van der Waals surface area (Å²) >= 11 is 0. The predicted molar refractivity (Wildman–Crippen MR) is 194 cm³/mol. The molecular weight excluding hydrogens is 649 g/mol. The molecule has 3 fully saturated rings. The summed E-state index contributed by atoms with van der Waals surface area (Å²) in [5.74, 6) is 1.36. The molecule has 2 aliphatic heterocycles. The summed E-state index contributed by atoms with van der Waals surface area (Å²) in [5.41, 5.74) is 2.29. The number of urea groups is 1. The van der Waals surface area contributed by atoms with E-state index >= 15 is 0 Å². The van der Waals surface area contributed by atoms with E-state index in [1.54, 1.807) is 24.1 Å². The number of piperidine rings is 1. The summed E-state index contributed by atoms with van der Waals surface area (Å²) < 4.78 is 29.7. The van der Waals surface area contributed by atoms with Crippen LogP contribution in [0.2, 0.25) is 0 Å². The molecule has 0 bridgehead atoms. The first-order valence-electron chi connectivity index (χ1n) is 17.9. The van der Waals surface area contributed by atoms with Gasteiger partial charge in [0.25, 0.3) is 0 Å². The Labute approximate surface area is 296 Å². The summed E-state index contributed by atoms with van der Waals surface area (Å²) in [4.78, 5) is 24.5. The van der Waals surface area contributed by atoms with Gasteiger partial charge < -0.3 is 24.6 Å². The largest absolute Gasteiger partial charge is 0.371 e. The van der Waals surface area contributed by atoms with E-state index in [0.29, 0.717) is 17.8 Å². The molecule has 1 aliphatic carbocycles. The highest BCUT2D eigenvalue weighted by Gasteiger charge is 2.52. The second-order valence-corrected chi connectivity index (χ2v) is 16.8. The van der Waals surface area contributed by atoms with Crippen LogP contribution in [0.1, 0.15) is 37.7 Å². The van der Waals surface area contributed by atoms with E-state index in [2.05, 4.69) is 66.3 Å². The Morgan fingerprint density at radius 1 is 0.980 bits per heavy atom. The Bertz CT molecular complexity index is 1830. The van der Waals surface area contributed by atoms with Crippen LogP contribution in [-0.4, -0.2) is 96.4 Å². The zero-order valence-electron chi connectivity index (χ0n) is 29.4. The number of aromatic nitrogens is 4. The highest BCUT2D eigenvalue weighted by atomic mass is 32.2. The Kier molecular flexibility index (Phi) is 9.76. The number of hydrogen-bond donors (Lipinski definition) is 1. The third-order valence-corrected chi connectivity index (χ3v) is 13.2. The van der Waals surface area contributed by atoms with Crippen molar-refractivity contribution in [2.45, 2.75) is 59.9 Å². The number of aryl methyl sites for hydroxylation is 1. The summed E-state index contributed by atoms with van der Waals surface area (Å²) in [6.45, 7) is 5.98. The molecule has 2 aromatic heterocycles.